The summed E-state index contributed by atoms with van der Waals surface area (Å²) in [6.45, 7) is 2.50. The van der Waals surface area contributed by atoms with Gasteiger partial charge in [0.1, 0.15) is 0 Å². The lowest BCUT2D eigenvalue weighted by atomic mass is 10.00. The molecule has 0 saturated heterocycles. The van der Waals surface area contributed by atoms with Crippen LogP contribution in [0, 0.1) is 0 Å². The molecular formula is C19H20Cl2N2O. The van der Waals surface area contributed by atoms with Gasteiger partial charge in [0.05, 0.1) is 6.54 Å². The second-order valence-corrected chi connectivity index (χ2v) is 7.16. The predicted octanol–water partition coefficient (Wildman–Crippen LogP) is 4.01. The van der Waals surface area contributed by atoms with Gasteiger partial charge in [-0.25, -0.2) is 0 Å². The van der Waals surface area contributed by atoms with E-state index in [0.29, 0.717) is 29.7 Å². The first-order chi connectivity index (χ1) is 11.5. The summed E-state index contributed by atoms with van der Waals surface area (Å²) in [6.07, 6.45) is 0.926. The van der Waals surface area contributed by atoms with Crippen molar-refractivity contribution in [2.24, 2.45) is 0 Å². The van der Waals surface area contributed by atoms with Gasteiger partial charge >= 0.3 is 0 Å². The Balaban J connectivity index is 1.58. The lowest BCUT2D eigenvalue weighted by Gasteiger charge is -2.30. The van der Waals surface area contributed by atoms with Gasteiger partial charge in [0.2, 0.25) is 5.91 Å². The van der Waals surface area contributed by atoms with Crippen LogP contribution < -0.4 is 0 Å². The van der Waals surface area contributed by atoms with Gasteiger partial charge < -0.3 is 4.90 Å². The number of benzene rings is 2. The Labute approximate surface area is 152 Å². The maximum absolute atomic E-state index is 12.6. The molecule has 0 unspecified atom stereocenters. The minimum atomic E-state index is 0.153. The van der Waals surface area contributed by atoms with Crippen LogP contribution in [0.2, 0.25) is 10.0 Å². The molecule has 0 aromatic heterocycles. The van der Waals surface area contributed by atoms with Crippen molar-refractivity contribution in [3.63, 3.8) is 0 Å². The van der Waals surface area contributed by atoms with Crippen LogP contribution >= 0.6 is 23.2 Å². The normalized spacial score (nSPS) is 13.9. The maximum Gasteiger partial charge on any atom is 0.237 e. The van der Waals surface area contributed by atoms with E-state index in [2.05, 4.69) is 18.2 Å². The molecule has 1 aliphatic heterocycles. The summed E-state index contributed by atoms with van der Waals surface area (Å²) in [7, 11) is 1.94. The minimum absolute atomic E-state index is 0.153. The number of hydrogen-bond acceptors (Lipinski definition) is 2. The van der Waals surface area contributed by atoms with E-state index in [9.17, 15) is 4.79 Å². The van der Waals surface area contributed by atoms with Crippen LogP contribution in [0.3, 0.4) is 0 Å². The van der Waals surface area contributed by atoms with Gasteiger partial charge in [-0.05, 0) is 48.4 Å². The van der Waals surface area contributed by atoms with E-state index < -0.39 is 0 Å². The first-order valence-electron chi connectivity index (χ1n) is 7.99. The zero-order valence-electron chi connectivity index (χ0n) is 13.6. The Morgan fingerprint density at radius 2 is 1.79 bits per heavy atom. The van der Waals surface area contributed by atoms with Crippen LogP contribution in [0.25, 0.3) is 0 Å². The van der Waals surface area contributed by atoms with E-state index >= 15 is 0 Å². The quantitative estimate of drug-likeness (QED) is 0.820. The third-order valence-corrected chi connectivity index (χ3v) is 4.70. The third-order valence-electron chi connectivity index (χ3n) is 4.26. The number of halogens is 2. The molecule has 2 aromatic rings. The molecule has 1 amide bonds. The molecule has 0 bridgehead atoms. The summed E-state index contributed by atoms with van der Waals surface area (Å²) in [6, 6.07) is 13.8. The Morgan fingerprint density at radius 3 is 2.50 bits per heavy atom. The number of hydrogen-bond donors (Lipinski definition) is 0. The molecule has 2 aromatic carbocycles. The Hall–Kier alpha value is -1.55. The summed E-state index contributed by atoms with van der Waals surface area (Å²) in [5, 5.41) is 1.23. The second-order valence-electron chi connectivity index (χ2n) is 6.28. The van der Waals surface area contributed by atoms with Crippen LogP contribution in [0.1, 0.15) is 16.7 Å². The van der Waals surface area contributed by atoms with Gasteiger partial charge in [-0.15, -0.1) is 0 Å². The monoisotopic (exact) mass is 362 g/mol. The van der Waals surface area contributed by atoms with E-state index in [1.165, 1.54) is 11.1 Å². The van der Waals surface area contributed by atoms with Crippen molar-refractivity contribution in [3.05, 3.63) is 69.2 Å². The molecule has 0 N–H and O–H groups in total. The molecule has 1 heterocycles. The van der Waals surface area contributed by atoms with Crippen LogP contribution in [0.5, 0.6) is 0 Å². The van der Waals surface area contributed by atoms with Crippen molar-refractivity contribution in [2.75, 3.05) is 20.1 Å². The molecule has 0 atom stereocenters. The fourth-order valence-electron chi connectivity index (χ4n) is 3.11. The van der Waals surface area contributed by atoms with Gasteiger partial charge in [-0.2, -0.15) is 0 Å². The molecule has 1 aliphatic rings. The van der Waals surface area contributed by atoms with Gasteiger partial charge in [0, 0.05) is 29.7 Å². The largest absolute Gasteiger partial charge is 0.337 e. The molecule has 0 fully saturated rings. The fourth-order valence-corrected chi connectivity index (χ4v) is 3.68. The van der Waals surface area contributed by atoms with E-state index in [0.717, 1.165) is 18.5 Å². The highest BCUT2D eigenvalue weighted by atomic mass is 35.5. The number of fused-ring (bicyclic) bond motifs is 1. The topological polar surface area (TPSA) is 23.6 Å². The molecule has 5 heteroatoms. The van der Waals surface area contributed by atoms with Gasteiger partial charge in [-0.3, -0.25) is 9.69 Å². The first-order valence-corrected chi connectivity index (χ1v) is 8.75. The average Bonchev–Trinajstić information content (AvgIpc) is 2.53. The van der Waals surface area contributed by atoms with Crippen molar-refractivity contribution in [2.45, 2.75) is 19.5 Å². The van der Waals surface area contributed by atoms with Crippen LogP contribution in [-0.4, -0.2) is 35.8 Å². The number of rotatable bonds is 4. The molecule has 0 aliphatic carbocycles. The summed E-state index contributed by atoms with van der Waals surface area (Å²) < 4.78 is 0. The van der Waals surface area contributed by atoms with Crippen LogP contribution in [-0.2, 0) is 24.3 Å². The summed E-state index contributed by atoms with van der Waals surface area (Å²) in [5.74, 6) is 0.153. The van der Waals surface area contributed by atoms with Crippen molar-refractivity contribution >= 4 is 29.1 Å². The number of carbonyl (C=O) groups is 1. The van der Waals surface area contributed by atoms with E-state index in [1.807, 2.05) is 35.0 Å². The lowest BCUT2D eigenvalue weighted by molar-refractivity contribution is -0.133. The average molecular weight is 363 g/mol. The molecule has 24 heavy (non-hydrogen) atoms. The van der Waals surface area contributed by atoms with E-state index in [1.54, 1.807) is 6.07 Å². The lowest BCUT2D eigenvalue weighted by Crippen LogP contribution is -2.41. The predicted molar refractivity (Wildman–Crippen MR) is 98.4 cm³/mol. The SMILES string of the molecule is CN(CC(=O)N1CCc2ccccc2C1)Cc1cc(Cl)cc(Cl)c1. The molecular weight excluding hydrogens is 343 g/mol. The first kappa shape index (κ1) is 17.3. The number of nitrogens with zero attached hydrogens (tertiary/aromatic N) is 2. The van der Waals surface area contributed by atoms with Crippen molar-refractivity contribution in [3.8, 4) is 0 Å². The Bertz CT molecular complexity index is 728. The molecule has 0 radical (unpaired) electrons. The molecule has 0 saturated carbocycles. The summed E-state index contributed by atoms with van der Waals surface area (Å²) in [5.41, 5.74) is 3.61. The highest BCUT2D eigenvalue weighted by Crippen LogP contribution is 2.21. The molecule has 3 nitrogen and oxygen atoms in total. The number of amides is 1. The van der Waals surface area contributed by atoms with Gasteiger partial charge in [-0.1, -0.05) is 47.5 Å². The Kier molecular flexibility index (Phi) is 5.44. The van der Waals surface area contributed by atoms with Crippen LogP contribution in [0.15, 0.2) is 42.5 Å². The maximum atomic E-state index is 12.6. The molecule has 0 spiro atoms. The molecule has 3 rings (SSSR count). The third kappa shape index (κ3) is 4.29. The molecule has 126 valence electrons. The van der Waals surface area contributed by atoms with Crippen LogP contribution in [0.4, 0.5) is 0 Å². The van der Waals surface area contributed by atoms with Gasteiger partial charge in [0.15, 0.2) is 0 Å². The number of carbonyl (C=O) groups excluding carboxylic acids is 1. The summed E-state index contributed by atoms with van der Waals surface area (Å²) >= 11 is 12.1. The zero-order chi connectivity index (χ0) is 17.1. The van der Waals surface area contributed by atoms with E-state index in [4.69, 9.17) is 23.2 Å². The number of likely N-dealkylation sites (N-methyl/N-ethyl adjacent to an activating group) is 1. The fraction of sp³-hybridized carbons (Fsp3) is 0.316. The highest BCUT2D eigenvalue weighted by molar-refractivity contribution is 6.34. The van der Waals surface area contributed by atoms with Gasteiger partial charge in [0.25, 0.3) is 0 Å². The van der Waals surface area contributed by atoms with Crippen molar-refractivity contribution < 1.29 is 4.79 Å². The highest BCUT2D eigenvalue weighted by Gasteiger charge is 2.21. The smallest absolute Gasteiger partial charge is 0.237 e. The zero-order valence-corrected chi connectivity index (χ0v) is 15.1. The van der Waals surface area contributed by atoms with E-state index in [-0.39, 0.29) is 5.91 Å². The standard InChI is InChI=1S/C19H20Cl2N2O/c1-22(11-14-8-17(20)10-18(21)9-14)13-19(24)23-7-6-15-4-2-3-5-16(15)12-23/h2-5,8-10H,6-7,11-13H2,1H3. The van der Waals surface area contributed by atoms with Crippen molar-refractivity contribution in [1.82, 2.24) is 9.80 Å². The summed E-state index contributed by atoms with van der Waals surface area (Å²) in [4.78, 5) is 16.5. The van der Waals surface area contributed by atoms with Crippen molar-refractivity contribution in [1.29, 1.82) is 0 Å². The Morgan fingerprint density at radius 1 is 1.12 bits per heavy atom. The second kappa shape index (κ2) is 7.56. The minimum Gasteiger partial charge on any atom is -0.337 e.